The van der Waals surface area contributed by atoms with Gasteiger partial charge in [-0.25, -0.2) is 0 Å². The van der Waals surface area contributed by atoms with Crippen LogP contribution in [0.3, 0.4) is 0 Å². The van der Waals surface area contributed by atoms with Crippen molar-refractivity contribution in [1.82, 2.24) is 15.0 Å². The fourth-order valence-electron chi connectivity index (χ4n) is 2.76. The summed E-state index contributed by atoms with van der Waals surface area (Å²) in [6, 6.07) is 8.20. The van der Waals surface area contributed by atoms with Gasteiger partial charge in [0.25, 0.3) is 0 Å². The van der Waals surface area contributed by atoms with Crippen molar-refractivity contribution in [1.29, 1.82) is 0 Å². The Hall–Kier alpha value is -1.39. The SMILES string of the molecule is CC(C)c1noc(C2CCCN2Cc2ccccc2Cl)n1. The van der Waals surface area contributed by atoms with E-state index in [2.05, 4.69) is 35.0 Å². The summed E-state index contributed by atoms with van der Waals surface area (Å²) in [5.74, 6) is 1.82. The average Bonchev–Trinajstić information content (AvgIpc) is 3.09. The van der Waals surface area contributed by atoms with E-state index in [1.807, 2.05) is 18.2 Å². The van der Waals surface area contributed by atoms with E-state index in [0.29, 0.717) is 5.92 Å². The van der Waals surface area contributed by atoms with Crippen molar-refractivity contribution >= 4 is 11.6 Å². The summed E-state index contributed by atoms with van der Waals surface area (Å²) in [4.78, 5) is 6.93. The van der Waals surface area contributed by atoms with Gasteiger partial charge in [-0.15, -0.1) is 0 Å². The lowest BCUT2D eigenvalue weighted by atomic mass is 10.1. The predicted octanol–water partition coefficient (Wildman–Crippen LogP) is 4.18. The highest BCUT2D eigenvalue weighted by Crippen LogP contribution is 2.33. The van der Waals surface area contributed by atoms with Gasteiger partial charge in [-0.1, -0.05) is 48.8 Å². The molecule has 0 saturated carbocycles. The third-order valence-electron chi connectivity index (χ3n) is 3.95. The number of aromatic nitrogens is 2. The van der Waals surface area contributed by atoms with Gasteiger partial charge in [0.2, 0.25) is 5.89 Å². The van der Waals surface area contributed by atoms with Crippen LogP contribution in [0.5, 0.6) is 0 Å². The van der Waals surface area contributed by atoms with Gasteiger partial charge >= 0.3 is 0 Å². The zero-order valence-corrected chi connectivity index (χ0v) is 13.2. The van der Waals surface area contributed by atoms with E-state index in [1.165, 1.54) is 0 Å². The zero-order valence-electron chi connectivity index (χ0n) is 12.4. The molecule has 5 heteroatoms. The second-order valence-electron chi connectivity index (χ2n) is 5.87. The molecule has 0 aliphatic carbocycles. The third kappa shape index (κ3) is 3.11. The Morgan fingerprint density at radius 2 is 2.19 bits per heavy atom. The summed E-state index contributed by atoms with van der Waals surface area (Å²) in [7, 11) is 0. The number of likely N-dealkylation sites (tertiary alicyclic amines) is 1. The molecule has 3 rings (SSSR count). The first-order valence-corrected chi connectivity index (χ1v) is 7.84. The minimum Gasteiger partial charge on any atom is -0.338 e. The first-order valence-electron chi connectivity index (χ1n) is 7.46. The predicted molar refractivity (Wildman–Crippen MR) is 82.2 cm³/mol. The van der Waals surface area contributed by atoms with Crippen LogP contribution < -0.4 is 0 Å². The maximum absolute atomic E-state index is 6.26. The second kappa shape index (κ2) is 6.16. The van der Waals surface area contributed by atoms with Gasteiger partial charge in [0, 0.05) is 17.5 Å². The molecule has 4 nitrogen and oxygen atoms in total. The van der Waals surface area contributed by atoms with Gasteiger partial charge in [0.1, 0.15) is 0 Å². The van der Waals surface area contributed by atoms with Crippen LogP contribution in [0.25, 0.3) is 0 Å². The van der Waals surface area contributed by atoms with Gasteiger partial charge < -0.3 is 4.52 Å². The highest BCUT2D eigenvalue weighted by atomic mass is 35.5. The van der Waals surface area contributed by atoms with Crippen LogP contribution in [0.1, 0.15) is 55.9 Å². The van der Waals surface area contributed by atoms with E-state index >= 15 is 0 Å². The molecule has 21 heavy (non-hydrogen) atoms. The molecule has 1 unspecified atom stereocenters. The van der Waals surface area contributed by atoms with E-state index in [4.69, 9.17) is 16.1 Å². The molecular weight excluding hydrogens is 286 g/mol. The summed E-state index contributed by atoms with van der Waals surface area (Å²) in [5.41, 5.74) is 1.15. The van der Waals surface area contributed by atoms with Crippen LogP contribution in [0.15, 0.2) is 28.8 Å². The van der Waals surface area contributed by atoms with E-state index in [9.17, 15) is 0 Å². The van der Waals surface area contributed by atoms with Gasteiger partial charge in [-0.2, -0.15) is 4.98 Å². The molecule has 1 aromatic heterocycles. The summed E-state index contributed by atoms with van der Waals surface area (Å²) in [6.07, 6.45) is 2.21. The standard InChI is InChI=1S/C16H20ClN3O/c1-11(2)15-18-16(21-19-15)14-8-5-9-20(14)10-12-6-3-4-7-13(12)17/h3-4,6-7,11,14H,5,8-10H2,1-2H3. The lowest BCUT2D eigenvalue weighted by Crippen LogP contribution is -2.23. The summed E-state index contributed by atoms with van der Waals surface area (Å²) in [6.45, 7) is 6.01. The lowest BCUT2D eigenvalue weighted by Gasteiger charge is -2.22. The van der Waals surface area contributed by atoms with Crippen LogP contribution in [0.4, 0.5) is 0 Å². The minimum atomic E-state index is 0.210. The fourth-order valence-corrected chi connectivity index (χ4v) is 2.95. The molecule has 1 aliphatic heterocycles. The molecule has 1 fully saturated rings. The molecule has 1 aromatic carbocycles. The topological polar surface area (TPSA) is 42.2 Å². The maximum Gasteiger partial charge on any atom is 0.244 e. The molecule has 0 radical (unpaired) electrons. The Morgan fingerprint density at radius 1 is 1.38 bits per heavy atom. The van der Waals surface area contributed by atoms with Crippen molar-refractivity contribution in [2.24, 2.45) is 0 Å². The van der Waals surface area contributed by atoms with Gasteiger partial charge in [0.15, 0.2) is 5.82 Å². The molecule has 2 aromatic rings. The van der Waals surface area contributed by atoms with Crippen molar-refractivity contribution in [3.8, 4) is 0 Å². The smallest absolute Gasteiger partial charge is 0.244 e. The van der Waals surface area contributed by atoms with Crippen LogP contribution in [-0.2, 0) is 6.54 Å². The summed E-state index contributed by atoms with van der Waals surface area (Å²) in [5, 5.41) is 4.90. The Labute approximate surface area is 130 Å². The first-order chi connectivity index (χ1) is 10.1. The Kier molecular flexibility index (Phi) is 4.27. The molecular formula is C16H20ClN3O. The summed E-state index contributed by atoms with van der Waals surface area (Å²) >= 11 is 6.26. The number of hydrogen-bond acceptors (Lipinski definition) is 4. The van der Waals surface area contributed by atoms with E-state index in [0.717, 1.165) is 48.2 Å². The second-order valence-corrected chi connectivity index (χ2v) is 6.27. The highest BCUT2D eigenvalue weighted by Gasteiger charge is 2.31. The number of nitrogens with zero attached hydrogens (tertiary/aromatic N) is 3. The molecule has 0 N–H and O–H groups in total. The lowest BCUT2D eigenvalue weighted by molar-refractivity contribution is 0.201. The quantitative estimate of drug-likeness (QED) is 0.849. The Bertz CT molecular complexity index is 611. The van der Waals surface area contributed by atoms with E-state index < -0.39 is 0 Å². The molecule has 112 valence electrons. The van der Waals surface area contributed by atoms with Gasteiger partial charge in [-0.3, -0.25) is 4.90 Å². The van der Waals surface area contributed by atoms with Gasteiger partial charge in [0.05, 0.1) is 6.04 Å². The molecule has 2 heterocycles. The zero-order chi connectivity index (χ0) is 14.8. The summed E-state index contributed by atoms with van der Waals surface area (Å²) < 4.78 is 5.47. The van der Waals surface area contributed by atoms with Crippen LogP contribution in [0.2, 0.25) is 5.02 Å². The van der Waals surface area contributed by atoms with Crippen molar-refractivity contribution in [3.05, 3.63) is 46.6 Å². The number of rotatable bonds is 4. The van der Waals surface area contributed by atoms with Crippen molar-refractivity contribution in [3.63, 3.8) is 0 Å². The van der Waals surface area contributed by atoms with Crippen LogP contribution in [0, 0.1) is 0 Å². The molecule has 0 amide bonds. The molecule has 0 spiro atoms. The number of benzene rings is 1. The van der Waals surface area contributed by atoms with Crippen molar-refractivity contribution < 1.29 is 4.52 Å². The number of hydrogen-bond donors (Lipinski definition) is 0. The fraction of sp³-hybridized carbons (Fsp3) is 0.500. The van der Waals surface area contributed by atoms with Crippen LogP contribution in [-0.4, -0.2) is 21.6 Å². The largest absolute Gasteiger partial charge is 0.338 e. The molecule has 0 bridgehead atoms. The Balaban J connectivity index is 1.77. The molecule has 1 aliphatic rings. The maximum atomic E-state index is 6.26. The molecule has 1 saturated heterocycles. The van der Waals surface area contributed by atoms with Crippen molar-refractivity contribution in [2.75, 3.05) is 6.54 Å². The Morgan fingerprint density at radius 3 is 2.90 bits per heavy atom. The normalized spacial score (nSPS) is 19.5. The molecule has 1 atom stereocenters. The van der Waals surface area contributed by atoms with E-state index in [1.54, 1.807) is 0 Å². The van der Waals surface area contributed by atoms with E-state index in [-0.39, 0.29) is 6.04 Å². The van der Waals surface area contributed by atoms with Gasteiger partial charge in [-0.05, 0) is 31.0 Å². The monoisotopic (exact) mass is 305 g/mol. The first kappa shape index (κ1) is 14.5. The minimum absolute atomic E-state index is 0.210. The van der Waals surface area contributed by atoms with Crippen molar-refractivity contribution in [2.45, 2.75) is 45.2 Å². The number of halogens is 1. The highest BCUT2D eigenvalue weighted by molar-refractivity contribution is 6.31. The average molecular weight is 306 g/mol. The van der Waals surface area contributed by atoms with Crippen LogP contribution >= 0.6 is 11.6 Å². The third-order valence-corrected chi connectivity index (χ3v) is 4.32.